The lowest BCUT2D eigenvalue weighted by Crippen LogP contribution is -2.44. The zero-order valence-electron chi connectivity index (χ0n) is 19.3. The van der Waals surface area contributed by atoms with Crippen molar-refractivity contribution in [2.75, 3.05) is 36.8 Å². The van der Waals surface area contributed by atoms with E-state index in [1.165, 1.54) is 37.3 Å². The number of nitrogens with two attached hydrogens (primary N) is 2. The van der Waals surface area contributed by atoms with Crippen LogP contribution in [0.2, 0.25) is 0 Å². The molecule has 1 amide bonds. The Morgan fingerprint density at radius 3 is 2.66 bits per heavy atom. The molecule has 0 saturated carbocycles. The summed E-state index contributed by atoms with van der Waals surface area (Å²) in [5, 5.41) is 10.7. The second-order valence-corrected chi connectivity index (χ2v) is 10.3. The first-order valence-electron chi connectivity index (χ1n) is 12.0. The van der Waals surface area contributed by atoms with Gasteiger partial charge in [-0.25, -0.2) is 4.98 Å². The van der Waals surface area contributed by atoms with Crippen molar-refractivity contribution in [1.82, 2.24) is 9.88 Å². The van der Waals surface area contributed by atoms with E-state index in [0.29, 0.717) is 55.3 Å². The number of nitrogen functional groups attached to an aromatic ring is 1. The van der Waals surface area contributed by atoms with Crippen molar-refractivity contribution in [1.29, 1.82) is 5.26 Å². The van der Waals surface area contributed by atoms with E-state index in [-0.39, 0.29) is 0 Å². The van der Waals surface area contributed by atoms with Crippen molar-refractivity contribution < 1.29 is 9.21 Å². The molecule has 35 heavy (non-hydrogen) atoms. The first-order valence-corrected chi connectivity index (χ1v) is 12.8. The fourth-order valence-corrected chi connectivity index (χ4v) is 6.51. The highest BCUT2D eigenvalue weighted by atomic mass is 32.1. The summed E-state index contributed by atoms with van der Waals surface area (Å²) >= 11 is 1.22. The summed E-state index contributed by atoms with van der Waals surface area (Å²) in [6.07, 6.45) is 4.69. The van der Waals surface area contributed by atoms with Crippen LogP contribution in [0.5, 0.6) is 0 Å². The van der Waals surface area contributed by atoms with Crippen LogP contribution in [0, 0.1) is 11.3 Å². The number of rotatable bonds is 4. The molecule has 3 aliphatic heterocycles. The summed E-state index contributed by atoms with van der Waals surface area (Å²) in [7, 11) is 0. The number of likely N-dealkylation sites (tertiary alicyclic amines) is 1. The van der Waals surface area contributed by atoms with Gasteiger partial charge in [-0.15, -0.1) is 11.3 Å². The van der Waals surface area contributed by atoms with Gasteiger partial charge in [0, 0.05) is 30.1 Å². The van der Waals surface area contributed by atoms with Crippen LogP contribution in [-0.2, 0) is 0 Å². The van der Waals surface area contributed by atoms with Crippen molar-refractivity contribution in [3.8, 4) is 28.7 Å². The molecule has 0 spiro atoms. The standard InChI is InChI=1S/C26H26N6O2S/c27-14-16-12-18-21(22-19(28)13-15-4-3-5-20(15)34-22)23(24(29)33)35-26(18)30-25(16)32-10-6-17(7-11-32)31-8-1-2-9-31/h3-5,12-13,17H,1-2,6-11,28H2,(H2,29,33). The number of aromatic nitrogens is 1. The highest BCUT2D eigenvalue weighted by molar-refractivity contribution is 7.21. The number of fused-ring (bicyclic) bond motifs is 2. The lowest BCUT2D eigenvalue weighted by atomic mass is 10.0. The van der Waals surface area contributed by atoms with Crippen molar-refractivity contribution in [3.63, 3.8) is 0 Å². The third-order valence-electron chi connectivity index (χ3n) is 7.25. The predicted octanol–water partition coefficient (Wildman–Crippen LogP) is 4.28. The normalized spacial score (nSPS) is 17.4. The molecule has 0 bridgehead atoms. The number of carbonyl (C=O) groups excluding carboxylic acids is 1. The van der Waals surface area contributed by atoms with Crippen LogP contribution in [0.25, 0.3) is 32.9 Å². The number of carbonyl (C=O) groups is 1. The Morgan fingerprint density at radius 2 is 1.94 bits per heavy atom. The molecule has 4 N–H and O–H groups in total. The highest BCUT2D eigenvalue weighted by Gasteiger charge is 2.30. The fourth-order valence-electron chi connectivity index (χ4n) is 5.51. The summed E-state index contributed by atoms with van der Waals surface area (Å²) in [6, 6.07) is 12.2. The van der Waals surface area contributed by atoms with E-state index >= 15 is 0 Å². The van der Waals surface area contributed by atoms with Crippen molar-refractivity contribution in [2.24, 2.45) is 5.73 Å². The minimum Gasteiger partial charge on any atom is -0.454 e. The summed E-state index contributed by atoms with van der Waals surface area (Å²) in [6.45, 7) is 4.09. The van der Waals surface area contributed by atoms with Gasteiger partial charge in [-0.2, -0.15) is 5.26 Å². The molecular formula is C26H26N6O2S. The van der Waals surface area contributed by atoms with Gasteiger partial charge < -0.3 is 25.7 Å². The Morgan fingerprint density at radius 1 is 1.17 bits per heavy atom. The first-order chi connectivity index (χ1) is 17.0. The van der Waals surface area contributed by atoms with Crippen LogP contribution in [-0.4, -0.2) is 48.0 Å². The summed E-state index contributed by atoms with van der Waals surface area (Å²) in [5.41, 5.74) is 14.4. The van der Waals surface area contributed by atoms with E-state index in [9.17, 15) is 10.1 Å². The van der Waals surface area contributed by atoms with Gasteiger partial charge in [-0.05, 0) is 57.0 Å². The van der Waals surface area contributed by atoms with Gasteiger partial charge in [-0.1, -0.05) is 12.1 Å². The van der Waals surface area contributed by atoms with E-state index in [2.05, 4.69) is 15.9 Å². The monoisotopic (exact) mass is 486 g/mol. The second kappa shape index (κ2) is 8.56. The van der Waals surface area contributed by atoms with E-state index in [1.54, 1.807) is 6.07 Å². The number of primary amides is 1. The Labute approximate surface area is 207 Å². The number of piperidine rings is 1. The number of amides is 1. The van der Waals surface area contributed by atoms with Crippen molar-refractivity contribution in [2.45, 2.75) is 31.7 Å². The molecule has 2 aromatic rings. The highest BCUT2D eigenvalue weighted by Crippen LogP contribution is 2.44. The number of hydrogen-bond donors (Lipinski definition) is 2. The van der Waals surface area contributed by atoms with E-state index in [4.69, 9.17) is 20.9 Å². The third kappa shape index (κ3) is 3.70. The first kappa shape index (κ1) is 21.9. The van der Waals surface area contributed by atoms with Crippen molar-refractivity contribution in [3.05, 3.63) is 40.8 Å². The average Bonchev–Trinajstić information content (AvgIpc) is 3.62. The zero-order chi connectivity index (χ0) is 24.1. The molecule has 4 aliphatic rings. The Bertz CT molecular complexity index is 1440. The van der Waals surface area contributed by atoms with Crippen LogP contribution in [0.1, 0.15) is 40.9 Å². The van der Waals surface area contributed by atoms with Crippen LogP contribution in [0.3, 0.4) is 0 Å². The zero-order valence-corrected chi connectivity index (χ0v) is 20.1. The quantitative estimate of drug-likeness (QED) is 0.441. The number of pyridine rings is 1. The topological polar surface area (TPSA) is 125 Å². The lowest BCUT2D eigenvalue weighted by Gasteiger charge is -2.37. The largest absolute Gasteiger partial charge is 0.454 e. The molecule has 1 aliphatic carbocycles. The van der Waals surface area contributed by atoms with Gasteiger partial charge in [-0.3, -0.25) is 4.79 Å². The molecule has 178 valence electrons. The molecule has 0 radical (unpaired) electrons. The number of nitrogens with zero attached hydrogens (tertiary/aromatic N) is 4. The van der Waals surface area contributed by atoms with Crippen LogP contribution in [0.4, 0.5) is 11.5 Å². The maximum absolute atomic E-state index is 12.4. The van der Waals surface area contributed by atoms with Crippen LogP contribution < -0.4 is 16.4 Å². The average molecular weight is 487 g/mol. The Kier molecular flexibility index (Phi) is 5.35. The molecule has 2 aromatic heterocycles. The van der Waals surface area contributed by atoms with Crippen LogP contribution >= 0.6 is 11.3 Å². The Balaban J connectivity index is 1.42. The maximum Gasteiger partial charge on any atom is 0.259 e. The number of hydrogen-bond acceptors (Lipinski definition) is 8. The third-order valence-corrected chi connectivity index (χ3v) is 8.36. The summed E-state index contributed by atoms with van der Waals surface area (Å²) in [4.78, 5) is 23.1. The smallest absolute Gasteiger partial charge is 0.259 e. The van der Waals surface area contributed by atoms with Gasteiger partial charge in [0.2, 0.25) is 0 Å². The molecule has 0 unspecified atom stereocenters. The van der Waals surface area contributed by atoms with Gasteiger partial charge in [0.15, 0.2) is 5.76 Å². The lowest BCUT2D eigenvalue weighted by molar-refractivity contribution is 0.100. The number of anilines is 2. The molecule has 9 heteroatoms. The van der Waals surface area contributed by atoms with Gasteiger partial charge in [0.05, 0.1) is 16.8 Å². The number of thiophene rings is 1. The molecule has 2 fully saturated rings. The second-order valence-electron chi connectivity index (χ2n) is 9.33. The van der Waals surface area contributed by atoms with E-state index in [0.717, 1.165) is 31.5 Å². The summed E-state index contributed by atoms with van der Waals surface area (Å²) in [5.74, 6) is 1.12. The summed E-state index contributed by atoms with van der Waals surface area (Å²) < 4.78 is 6.10. The van der Waals surface area contributed by atoms with Crippen LogP contribution in [0.15, 0.2) is 34.7 Å². The molecule has 8 nitrogen and oxygen atoms in total. The predicted molar refractivity (Wildman–Crippen MR) is 138 cm³/mol. The Hall–Kier alpha value is -3.61. The van der Waals surface area contributed by atoms with Gasteiger partial charge in [0.1, 0.15) is 27.4 Å². The minimum atomic E-state index is -0.577. The van der Waals surface area contributed by atoms with E-state index in [1.807, 2.05) is 24.3 Å². The molecule has 0 atom stereocenters. The SMILES string of the molecule is N#Cc1cc2c(-c3oc4cccc-4cc3N)c(C(N)=O)sc2nc1N1CCC(N2CCCC2)CC1. The maximum atomic E-state index is 12.4. The molecule has 0 aromatic carbocycles. The fraction of sp³-hybridized carbons (Fsp3) is 0.346. The minimum absolute atomic E-state index is 0.322. The van der Waals surface area contributed by atoms with Crippen molar-refractivity contribution >= 4 is 39.0 Å². The molecule has 2 saturated heterocycles. The molecular weight excluding hydrogens is 460 g/mol. The molecule has 5 heterocycles. The number of nitriles is 1. The molecule has 6 rings (SSSR count). The van der Waals surface area contributed by atoms with Gasteiger partial charge in [0.25, 0.3) is 5.91 Å². The van der Waals surface area contributed by atoms with Gasteiger partial charge >= 0.3 is 0 Å². The van der Waals surface area contributed by atoms with E-state index < -0.39 is 5.91 Å².